The van der Waals surface area contributed by atoms with Crippen molar-refractivity contribution < 1.29 is 17.0 Å². The van der Waals surface area contributed by atoms with Gasteiger partial charge in [0, 0.05) is 6.54 Å². The lowest BCUT2D eigenvalue weighted by Gasteiger charge is -2.16. The van der Waals surface area contributed by atoms with Gasteiger partial charge in [-0.05, 0) is 25.2 Å². The molecule has 106 valence electrons. The van der Waals surface area contributed by atoms with Gasteiger partial charge in [-0.1, -0.05) is 26.0 Å². The summed E-state index contributed by atoms with van der Waals surface area (Å²) in [5.74, 6) is 6.57. The predicted molar refractivity (Wildman–Crippen MR) is 74.5 cm³/mol. The normalized spacial score (nSPS) is 10.9. The molecule has 2 rings (SSSR count). The molecule has 0 bridgehead atoms. The molecule has 19 heavy (non-hydrogen) atoms. The summed E-state index contributed by atoms with van der Waals surface area (Å²) in [7, 11) is 0. The third-order valence-electron chi connectivity index (χ3n) is 3.49. The van der Waals surface area contributed by atoms with Crippen LogP contribution in [0.1, 0.15) is 13.8 Å². The highest BCUT2D eigenvalue weighted by Crippen LogP contribution is 2.12. The number of halogens is 1. The van der Waals surface area contributed by atoms with Crippen molar-refractivity contribution in [3.05, 3.63) is 24.3 Å². The van der Waals surface area contributed by atoms with Crippen molar-refractivity contribution in [2.75, 3.05) is 31.2 Å². The molecule has 0 radical (unpaired) electrons. The Bertz CT molecular complexity index is 533. The number of nitrogen functional groups attached to an aromatic ring is 2. The second kappa shape index (κ2) is 6.63. The Morgan fingerprint density at radius 2 is 1.84 bits per heavy atom. The van der Waals surface area contributed by atoms with E-state index in [9.17, 15) is 0 Å². The van der Waals surface area contributed by atoms with Crippen LogP contribution in [0.2, 0.25) is 0 Å². The first-order valence-electron chi connectivity index (χ1n) is 6.45. The fraction of sp³-hybridized carbons (Fsp3) is 0.462. The zero-order chi connectivity index (χ0) is 13.1. The Morgan fingerprint density at radius 1 is 1.21 bits per heavy atom. The van der Waals surface area contributed by atoms with Crippen molar-refractivity contribution in [1.29, 1.82) is 0 Å². The van der Waals surface area contributed by atoms with Gasteiger partial charge in [0.25, 0.3) is 0 Å². The van der Waals surface area contributed by atoms with E-state index in [4.69, 9.17) is 11.6 Å². The third kappa shape index (κ3) is 2.93. The van der Waals surface area contributed by atoms with Crippen LogP contribution in [0.5, 0.6) is 0 Å². The van der Waals surface area contributed by atoms with E-state index in [0.717, 1.165) is 37.2 Å². The van der Waals surface area contributed by atoms with Gasteiger partial charge >= 0.3 is 5.95 Å². The summed E-state index contributed by atoms with van der Waals surface area (Å²) >= 11 is 0. The van der Waals surface area contributed by atoms with Crippen LogP contribution < -0.4 is 28.6 Å². The number of nitrogens with zero attached hydrogens (tertiary/aromatic N) is 3. The lowest BCUT2D eigenvalue weighted by atomic mass is 10.3. The average molecular weight is 284 g/mol. The molecule has 4 N–H and O–H groups in total. The molecule has 0 aliphatic rings. The minimum Gasteiger partial charge on any atom is -1.00 e. The lowest BCUT2D eigenvalue weighted by molar-refractivity contribution is -0.656. The zero-order valence-electron chi connectivity index (χ0n) is 11.5. The average Bonchev–Trinajstić information content (AvgIpc) is 2.65. The molecule has 0 saturated heterocycles. The molecule has 5 nitrogen and oxygen atoms in total. The number of benzene rings is 1. The zero-order valence-corrected chi connectivity index (χ0v) is 12.3. The Morgan fingerprint density at radius 3 is 2.47 bits per heavy atom. The van der Waals surface area contributed by atoms with Gasteiger partial charge in [0.15, 0.2) is 5.52 Å². The monoisotopic (exact) mass is 283 g/mol. The third-order valence-corrected chi connectivity index (χ3v) is 3.49. The van der Waals surface area contributed by atoms with E-state index in [1.54, 1.807) is 4.68 Å². The van der Waals surface area contributed by atoms with E-state index in [0.29, 0.717) is 5.95 Å². The molecule has 6 heteroatoms. The Kier molecular flexibility index (Phi) is 5.44. The second-order valence-electron chi connectivity index (χ2n) is 4.40. The van der Waals surface area contributed by atoms with Crippen molar-refractivity contribution in [3.8, 4) is 0 Å². The van der Waals surface area contributed by atoms with Crippen LogP contribution in [0.15, 0.2) is 24.3 Å². The standard InChI is InChI=1S/C13H21N5.ClH/c1-3-16(4-2)9-10-17-11-7-5-6-8-12(11)18(15)13(17)14;/h5-8,14H,3-4,9-10,15H2,1-2H3;1H. The van der Waals surface area contributed by atoms with E-state index in [2.05, 4.69) is 29.4 Å². The Hall–Kier alpha value is -1.46. The maximum atomic E-state index is 6.07. The number of likely N-dealkylation sites (N-methyl/N-ethyl adjacent to an activating group) is 1. The van der Waals surface area contributed by atoms with Gasteiger partial charge in [-0.2, -0.15) is 0 Å². The molecule has 0 amide bonds. The fourth-order valence-corrected chi connectivity index (χ4v) is 2.29. The van der Waals surface area contributed by atoms with Gasteiger partial charge in [-0.15, -0.1) is 4.68 Å². The maximum absolute atomic E-state index is 6.07. The Balaban J connectivity index is 0.00000180. The van der Waals surface area contributed by atoms with Crippen LogP contribution in [0, 0.1) is 0 Å². The van der Waals surface area contributed by atoms with Crippen LogP contribution in [-0.4, -0.2) is 29.2 Å². The first-order valence-corrected chi connectivity index (χ1v) is 6.45. The van der Waals surface area contributed by atoms with Crippen molar-refractivity contribution in [3.63, 3.8) is 0 Å². The molecule has 1 aromatic heterocycles. The molecular formula is C13H22ClN5. The number of imidazole rings is 1. The number of nitrogens with two attached hydrogens (primary N) is 2. The van der Waals surface area contributed by atoms with Gasteiger partial charge < -0.3 is 17.3 Å². The summed E-state index contributed by atoms with van der Waals surface area (Å²) in [5, 5.41) is 0. The number of rotatable bonds is 5. The first kappa shape index (κ1) is 15.6. The number of fused-ring (bicyclic) bond motifs is 1. The summed E-state index contributed by atoms with van der Waals surface area (Å²) in [6.45, 7) is 8.29. The van der Waals surface area contributed by atoms with E-state index < -0.39 is 0 Å². The van der Waals surface area contributed by atoms with Crippen molar-refractivity contribution >= 4 is 17.0 Å². The predicted octanol–water partition coefficient (Wildman–Crippen LogP) is -2.43. The van der Waals surface area contributed by atoms with E-state index in [-0.39, 0.29) is 12.4 Å². The van der Waals surface area contributed by atoms with Crippen molar-refractivity contribution in [2.45, 2.75) is 20.4 Å². The van der Waals surface area contributed by atoms with Gasteiger partial charge in [-0.25, -0.2) is 4.57 Å². The van der Waals surface area contributed by atoms with Crippen LogP contribution in [0.4, 0.5) is 5.95 Å². The largest absolute Gasteiger partial charge is 1.00 e. The van der Waals surface area contributed by atoms with Gasteiger partial charge in [-0.3, -0.25) is 11.6 Å². The molecule has 0 saturated carbocycles. The molecule has 1 heterocycles. The molecule has 0 unspecified atom stereocenters. The molecule has 0 atom stereocenters. The number of aromatic nitrogens is 2. The molecule has 2 aromatic rings. The highest BCUT2D eigenvalue weighted by atomic mass is 35.5. The summed E-state index contributed by atoms with van der Waals surface area (Å²) in [6, 6.07) is 8.02. The summed E-state index contributed by atoms with van der Waals surface area (Å²) in [6.07, 6.45) is 0. The number of hydrogen-bond acceptors (Lipinski definition) is 3. The summed E-state index contributed by atoms with van der Waals surface area (Å²) in [5.41, 5.74) is 8.12. The van der Waals surface area contributed by atoms with Crippen molar-refractivity contribution in [1.82, 2.24) is 9.58 Å². The van der Waals surface area contributed by atoms with Crippen LogP contribution in [0.3, 0.4) is 0 Å². The number of anilines is 1. The quantitative estimate of drug-likeness (QED) is 0.474. The number of hydrogen-bond donors (Lipinski definition) is 2. The maximum Gasteiger partial charge on any atom is 0.378 e. The van der Waals surface area contributed by atoms with Crippen LogP contribution in [0.25, 0.3) is 11.0 Å². The topological polar surface area (TPSA) is 64.1 Å². The molecule has 0 aliphatic heterocycles. The summed E-state index contributed by atoms with van der Waals surface area (Å²) < 4.78 is 3.63. The second-order valence-corrected chi connectivity index (χ2v) is 4.40. The molecule has 0 fully saturated rings. The van der Waals surface area contributed by atoms with Gasteiger partial charge in [0.2, 0.25) is 0 Å². The highest BCUT2D eigenvalue weighted by molar-refractivity contribution is 5.73. The molecule has 0 aliphatic carbocycles. The van der Waals surface area contributed by atoms with Crippen LogP contribution in [-0.2, 0) is 6.54 Å². The molecular weight excluding hydrogens is 262 g/mol. The molecule has 0 spiro atoms. The lowest BCUT2D eigenvalue weighted by Crippen LogP contribution is -3.00. The van der Waals surface area contributed by atoms with E-state index >= 15 is 0 Å². The van der Waals surface area contributed by atoms with Crippen LogP contribution >= 0.6 is 0 Å². The highest BCUT2D eigenvalue weighted by Gasteiger charge is 2.18. The van der Waals surface area contributed by atoms with Gasteiger partial charge in [0.05, 0.1) is 6.54 Å². The minimum atomic E-state index is 0. The Labute approximate surface area is 120 Å². The SMILES string of the molecule is CCN(CC)CC[n+]1c(N)n(N)c2ccccc21.[Cl-]. The molecule has 1 aromatic carbocycles. The minimum absolute atomic E-state index is 0. The first-order chi connectivity index (χ1) is 8.69. The van der Waals surface area contributed by atoms with E-state index in [1.165, 1.54) is 0 Å². The van der Waals surface area contributed by atoms with Crippen molar-refractivity contribution in [2.24, 2.45) is 0 Å². The van der Waals surface area contributed by atoms with E-state index in [1.807, 2.05) is 18.2 Å². The van der Waals surface area contributed by atoms with Gasteiger partial charge in [0.1, 0.15) is 5.52 Å². The smallest absolute Gasteiger partial charge is 0.378 e. The number of para-hydroxylation sites is 2. The fourth-order valence-electron chi connectivity index (χ4n) is 2.29. The summed E-state index contributed by atoms with van der Waals surface area (Å²) in [4.78, 5) is 2.37.